The lowest BCUT2D eigenvalue weighted by Crippen LogP contribution is -2.11. The third-order valence-electron chi connectivity index (χ3n) is 1.59. The van der Waals surface area contributed by atoms with Gasteiger partial charge in [-0.15, -0.1) is 11.8 Å². The van der Waals surface area contributed by atoms with Crippen molar-refractivity contribution in [1.82, 2.24) is 4.98 Å². The van der Waals surface area contributed by atoms with Crippen LogP contribution in [0, 0.1) is 0 Å². The molecule has 0 spiro atoms. The van der Waals surface area contributed by atoms with Gasteiger partial charge in [0.25, 0.3) is 0 Å². The average molecular weight is 260 g/mol. The first-order chi connectivity index (χ1) is 6.15. The standard InChI is InChI=1S/C9H10BrNOS/c1-6(10)9(12)8-4-3-7(13-2)5-11-8/h3-6H,1-2H3. The van der Waals surface area contributed by atoms with E-state index in [1.54, 1.807) is 30.9 Å². The molecule has 0 saturated carbocycles. The molecule has 70 valence electrons. The highest BCUT2D eigenvalue weighted by Gasteiger charge is 2.12. The van der Waals surface area contributed by atoms with E-state index in [0.717, 1.165) is 4.90 Å². The van der Waals surface area contributed by atoms with Crippen LogP contribution in [0.2, 0.25) is 0 Å². The minimum atomic E-state index is -0.167. The van der Waals surface area contributed by atoms with Crippen LogP contribution in [-0.4, -0.2) is 21.9 Å². The zero-order valence-corrected chi connectivity index (χ0v) is 9.85. The number of halogens is 1. The van der Waals surface area contributed by atoms with Gasteiger partial charge in [0.05, 0.1) is 4.83 Å². The van der Waals surface area contributed by atoms with Crippen molar-refractivity contribution in [3.05, 3.63) is 24.0 Å². The molecule has 0 aliphatic rings. The fourth-order valence-electron chi connectivity index (χ4n) is 0.851. The number of rotatable bonds is 3. The second kappa shape index (κ2) is 4.77. The topological polar surface area (TPSA) is 30.0 Å². The Hall–Kier alpha value is -0.350. The molecule has 2 nitrogen and oxygen atoms in total. The Morgan fingerprint density at radius 2 is 2.31 bits per heavy atom. The number of alkyl halides is 1. The van der Waals surface area contributed by atoms with Gasteiger partial charge >= 0.3 is 0 Å². The molecular weight excluding hydrogens is 250 g/mol. The summed E-state index contributed by atoms with van der Waals surface area (Å²) in [5.41, 5.74) is 0.516. The number of aromatic nitrogens is 1. The minimum absolute atomic E-state index is 0.0210. The van der Waals surface area contributed by atoms with E-state index in [1.165, 1.54) is 0 Å². The molecule has 1 heterocycles. The number of Topliss-reactive ketones (excluding diaryl/α,β-unsaturated/α-hetero) is 1. The van der Waals surface area contributed by atoms with Crippen molar-refractivity contribution in [1.29, 1.82) is 0 Å². The van der Waals surface area contributed by atoms with Crippen LogP contribution in [0.1, 0.15) is 17.4 Å². The molecule has 1 aromatic rings. The molecular formula is C9H10BrNOS. The van der Waals surface area contributed by atoms with Crippen LogP contribution < -0.4 is 0 Å². The van der Waals surface area contributed by atoms with Crippen LogP contribution >= 0.6 is 27.7 Å². The maximum absolute atomic E-state index is 11.4. The van der Waals surface area contributed by atoms with Gasteiger partial charge in [0.15, 0.2) is 5.78 Å². The number of carbonyl (C=O) groups is 1. The molecule has 1 aromatic heterocycles. The summed E-state index contributed by atoms with van der Waals surface area (Å²) < 4.78 is 0. The number of nitrogens with zero attached hydrogens (tertiary/aromatic N) is 1. The van der Waals surface area contributed by atoms with Crippen LogP contribution in [0.5, 0.6) is 0 Å². The van der Waals surface area contributed by atoms with Gasteiger partial charge in [-0.3, -0.25) is 9.78 Å². The molecule has 0 aliphatic carbocycles. The molecule has 0 saturated heterocycles. The molecule has 13 heavy (non-hydrogen) atoms. The van der Waals surface area contributed by atoms with Gasteiger partial charge in [-0.25, -0.2) is 0 Å². The van der Waals surface area contributed by atoms with Crippen molar-refractivity contribution < 1.29 is 4.79 Å². The van der Waals surface area contributed by atoms with Gasteiger partial charge in [0.1, 0.15) is 5.69 Å². The summed E-state index contributed by atoms with van der Waals surface area (Å²) in [6.07, 6.45) is 3.69. The molecule has 1 rings (SSSR count). The Balaban J connectivity index is 2.86. The highest BCUT2D eigenvalue weighted by Crippen LogP contribution is 2.14. The van der Waals surface area contributed by atoms with Gasteiger partial charge in [-0.05, 0) is 25.3 Å². The van der Waals surface area contributed by atoms with Crippen LogP contribution in [-0.2, 0) is 0 Å². The van der Waals surface area contributed by atoms with Gasteiger partial charge < -0.3 is 0 Å². The molecule has 0 bridgehead atoms. The summed E-state index contributed by atoms with van der Waals surface area (Å²) >= 11 is 4.83. The molecule has 4 heteroatoms. The number of hydrogen-bond acceptors (Lipinski definition) is 3. The number of thioether (sulfide) groups is 1. The second-order valence-electron chi connectivity index (χ2n) is 2.56. The van der Waals surface area contributed by atoms with E-state index in [-0.39, 0.29) is 10.6 Å². The molecule has 0 fully saturated rings. The SMILES string of the molecule is CSc1ccc(C(=O)C(C)Br)nc1. The first-order valence-corrected chi connectivity index (χ1v) is 5.97. The lowest BCUT2D eigenvalue weighted by atomic mass is 10.2. The highest BCUT2D eigenvalue weighted by atomic mass is 79.9. The van der Waals surface area contributed by atoms with E-state index in [9.17, 15) is 4.79 Å². The third kappa shape index (κ3) is 2.81. The van der Waals surface area contributed by atoms with Crippen LogP contribution in [0.4, 0.5) is 0 Å². The maximum Gasteiger partial charge on any atom is 0.194 e. The van der Waals surface area contributed by atoms with Gasteiger partial charge in [0, 0.05) is 11.1 Å². The van der Waals surface area contributed by atoms with Crippen molar-refractivity contribution in [2.75, 3.05) is 6.26 Å². The summed E-state index contributed by atoms with van der Waals surface area (Å²) in [6.45, 7) is 1.80. The summed E-state index contributed by atoms with van der Waals surface area (Å²) in [5.74, 6) is 0.0210. The summed E-state index contributed by atoms with van der Waals surface area (Å²) in [4.78, 5) is 16.4. The number of pyridine rings is 1. The summed E-state index contributed by atoms with van der Waals surface area (Å²) in [5, 5.41) is 0. The summed E-state index contributed by atoms with van der Waals surface area (Å²) in [6, 6.07) is 3.66. The monoisotopic (exact) mass is 259 g/mol. The highest BCUT2D eigenvalue weighted by molar-refractivity contribution is 9.10. The number of hydrogen-bond donors (Lipinski definition) is 0. The van der Waals surface area contributed by atoms with E-state index in [1.807, 2.05) is 12.3 Å². The molecule has 0 radical (unpaired) electrons. The molecule has 0 N–H and O–H groups in total. The lowest BCUT2D eigenvalue weighted by molar-refractivity contribution is 0.0991. The zero-order valence-electron chi connectivity index (χ0n) is 7.45. The van der Waals surface area contributed by atoms with Crippen molar-refractivity contribution in [3.8, 4) is 0 Å². The van der Waals surface area contributed by atoms with Crippen molar-refractivity contribution in [2.24, 2.45) is 0 Å². The fourth-order valence-corrected chi connectivity index (χ4v) is 1.45. The summed E-state index contributed by atoms with van der Waals surface area (Å²) in [7, 11) is 0. The quantitative estimate of drug-likeness (QED) is 0.475. The zero-order chi connectivity index (χ0) is 9.84. The lowest BCUT2D eigenvalue weighted by Gasteiger charge is -2.01. The molecule has 1 atom stereocenters. The van der Waals surface area contributed by atoms with Gasteiger partial charge in [0.2, 0.25) is 0 Å². The van der Waals surface area contributed by atoms with E-state index >= 15 is 0 Å². The molecule has 0 aromatic carbocycles. The van der Waals surface area contributed by atoms with Crippen LogP contribution in [0.3, 0.4) is 0 Å². The van der Waals surface area contributed by atoms with E-state index < -0.39 is 0 Å². The van der Waals surface area contributed by atoms with E-state index in [2.05, 4.69) is 20.9 Å². The molecule has 0 aliphatic heterocycles. The first-order valence-electron chi connectivity index (χ1n) is 3.83. The van der Waals surface area contributed by atoms with Crippen molar-refractivity contribution >= 4 is 33.5 Å². The maximum atomic E-state index is 11.4. The van der Waals surface area contributed by atoms with Gasteiger partial charge in [-0.1, -0.05) is 15.9 Å². The molecule has 1 unspecified atom stereocenters. The Morgan fingerprint density at radius 3 is 2.69 bits per heavy atom. The Bertz CT molecular complexity index is 297. The number of carbonyl (C=O) groups excluding carboxylic acids is 1. The largest absolute Gasteiger partial charge is 0.291 e. The average Bonchev–Trinajstić information content (AvgIpc) is 2.17. The molecule has 0 amide bonds. The minimum Gasteiger partial charge on any atom is -0.291 e. The Morgan fingerprint density at radius 1 is 1.62 bits per heavy atom. The van der Waals surface area contributed by atoms with Crippen LogP contribution in [0.15, 0.2) is 23.2 Å². The van der Waals surface area contributed by atoms with E-state index in [0.29, 0.717) is 5.69 Å². The third-order valence-corrected chi connectivity index (χ3v) is 2.71. The second-order valence-corrected chi connectivity index (χ2v) is 4.82. The first kappa shape index (κ1) is 10.7. The predicted octanol–water partition coefficient (Wildman–Crippen LogP) is 2.77. The smallest absolute Gasteiger partial charge is 0.194 e. The van der Waals surface area contributed by atoms with Crippen molar-refractivity contribution in [3.63, 3.8) is 0 Å². The Labute approximate surface area is 90.3 Å². The van der Waals surface area contributed by atoms with E-state index in [4.69, 9.17) is 0 Å². The fraction of sp³-hybridized carbons (Fsp3) is 0.333. The normalized spacial score (nSPS) is 12.5. The van der Waals surface area contributed by atoms with Gasteiger partial charge in [-0.2, -0.15) is 0 Å². The van der Waals surface area contributed by atoms with Crippen molar-refractivity contribution in [2.45, 2.75) is 16.6 Å². The predicted molar refractivity (Wildman–Crippen MR) is 58.7 cm³/mol. The van der Waals surface area contributed by atoms with Crippen LogP contribution in [0.25, 0.3) is 0 Å². The Kier molecular flexibility index (Phi) is 3.93. The number of ketones is 1.